The molecule has 1 N–H and O–H groups in total. The molecule has 1 fully saturated rings. The van der Waals surface area contributed by atoms with E-state index in [-0.39, 0.29) is 5.82 Å². The minimum atomic E-state index is -0.154. The van der Waals surface area contributed by atoms with Gasteiger partial charge in [0.2, 0.25) is 0 Å². The second kappa shape index (κ2) is 5.39. The van der Waals surface area contributed by atoms with E-state index in [0.717, 1.165) is 24.4 Å². The Kier molecular flexibility index (Phi) is 3.62. The first kappa shape index (κ1) is 12.8. The van der Waals surface area contributed by atoms with Crippen LogP contribution in [0.2, 0.25) is 0 Å². The van der Waals surface area contributed by atoms with Crippen LogP contribution < -0.4 is 5.32 Å². The summed E-state index contributed by atoms with van der Waals surface area (Å²) in [6, 6.07) is 7.50. The van der Waals surface area contributed by atoms with Gasteiger partial charge < -0.3 is 5.32 Å². The van der Waals surface area contributed by atoms with Crippen molar-refractivity contribution < 1.29 is 4.39 Å². The van der Waals surface area contributed by atoms with Crippen molar-refractivity contribution in [1.29, 1.82) is 0 Å². The first-order valence-corrected chi connectivity index (χ1v) is 7.42. The zero-order valence-electron chi connectivity index (χ0n) is 10.9. The Morgan fingerprint density at radius 1 is 1.32 bits per heavy atom. The van der Waals surface area contributed by atoms with Gasteiger partial charge in [-0.3, -0.25) is 0 Å². The number of nitrogens with zero attached hydrogens (tertiary/aromatic N) is 1. The smallest absolute Gasteiger partial charge is 0.123 e. The topological polar surface area (TPSA) is 24.9 Å². The lowest BCUT2D eigenvalue weighted by molar-refractivity contribution is 0.290. The highest BCUT2D eigenvalue weighted by Crippen LogP contribution is 2.37. The number of nitrogens with one attached hydrogen (secondary N) is 1. The number of benzene rings is 1. The number of halogens is 1. The van der Waals surface area contributed by atoms with Crippen molar-refractivity contribution in [3.8, 4) is 0 Å². The van der Waals surface area contributed by atoms with E-state index >= 15 is 0 Å². The Balaban J connectivity index is 1.46. The number of rotatable bonds is 4. The van der Waals surface area contributed by atoms with Crippen LogP contribution in [-0.4, -0.2) is 11.0 Å². The molecular weight excluding hydrogens is 259 g/mol. The van der Waals surface area contributed by atoms with E-state index in [0.29, 0.717) is 12.0 Å². The van der Waals surface area contributed by atoms with E-state index in [9.17, 15) is 4.39 Å². The van der Waals surface area contributed by atoms with Crippen molar-refractivity contribution in [1.82, 2.24) is 10.3 Å². The Morgan fingerprint density at radius 2 is 2.05 bits per heavy atom. The largest absolute Gasteiger partial charge is 0.309 e. The van der Waals surface area contributed by atoms with Crippen molar-refractivity contribution >= 4 is 11.3 Å². The number of hydrogen-bond acceptors (Lipinski definition) is 3. The second-order valence-electron chi connectivity index (χ2n) is 5.14. The van der Waals surface area contributed by atoms with Crippen molar-refractivity contribution in [3.63, 3.8) is 0 Å². The Bertz CT molecular complexity index is 544. The molecule has 0 atom stereocenters. The fourth-order valence-electron chi connectivity index (χ4n) is 2.52. The zero-order chi connectivity index (χ0) is 13.2. The monoisotopic (exact) mass is 276 g/mol. The molecule has 1 aromatic carbocycles. The molecule has 0 bridgehead atoms. The van der Waals surface area contributed by atoms with Crippen LogP contribution in [0, 0.1) is 12.7 Å². The predicted molar refractivity (Wildman–Crippen MR) is 75.9 cm³/mol. The lowest BCUT2D eigenvalue weighted by atomic mass is 9.76. The maximum absolute atomic E-state index is 12.8. The average Bonchev–Trinajstić information content (AvgIpc) is 2.75. The molecule has 0 amide bonds. The molecular formula is C15H17FN2S. The van der Waals surface area contributed by atoms with Crippen molar-refractivity contribution in [2.75, 3.05) is 0 Å². The van der Waals surface area contributed by atoms with Gasteiger partial charge in [0.1, 0.15) is 5.82 Å². The zero-order valence-corrected chi connectivity index (χ0v) is 11.7. The fraction of sp³-hybridized carbons (Fsp3) is 0.400. The van der Waals surface area contributed by atoms with Gasteiger partial charge in [0.15, 0.2) is 0 Å². The standard InChI is InChI=1S/C15H17FN2S/c1-10-17-8-15(19-10)9-18-14-6-12(7-14)11-2-4-13(16)5-3-11/h2-5,8,12,14,18H,6-7,9H2,1H3. The number of hydrogen-bond donors (Lipinski definition) is 1. The highest BCUT2D eigenvalue weighted by Gasteiger charge is 2.29. The molecule has 1 saturated carbocycles. The molecule has 0 spiro atoms. The molecule has 0 saturated heterocycles. The Labute approximate surface area is 116 Å². The van der Waals surface area contributed by atoms with Gasteiger partial charge in [-0.15, -0.1) is 11.3 Å². The first-order chi connectivity index (χ1) is 9.20. The molecule has 2 aromatic rings. The van der Waals surface area contributed by atoms with Crippen LogP contribution in [0.5, 0.6) is 0 Å². The average molecular weight is 276 g/mol. The molecule has 1 heterocycles. The summed E-state index contributed by atoms with van der Waals surface area (Å²) in [4.78, 5) is 5.55. The molecule has 0 unspecified atom stereocenters. The molecule has 1 aliphatic rings. The van der Waals surface area contributed by atoms with Crippen LogP contribution in [0.4, 0.5) is 4.39 Å². The van der Waals surface area contributed by atoms with Crippen LogP contribution in [0.1, 0.15) is 34.2 Å². The minimum absolute atomic E-state index is 0.154. The van der Waals surface area contributed by atoms with Gasteiger partial charge in [-0.1, -0.05) is 12.1 Å². The molecule has 100 valence electrons. The molecule has 2 nitrogen and oxygen atoms in total. The third-order valence-corrected chi connectivity index (χ3v) is 4.63. The fourth-order valence-corrected chi connectivity index (χ4v) is 3.27. The summed E-state index contributed by atoms with van der Waals surface area (Å²) in [7, 11) is 0. The number of aromatic nitrogens is 1. The molecule has 4 heteroatoms. The highest BCUT2D eigenvalue weighted by molar-refractivity contribution is 7.11. The van der Waals surface area contributed by atoms with E-state index in [2.05, 4.69) is 10.3 Å². The van der Waals surface area contributed by atoms with Crippen LogP contribution in [-0.2, 0) is 6.54 Å². The van der Waals surface area contributed by atoms with E-state index in [4.69, 9.17) is 0 Å². The van der Waals surface area contributed by atoms with Gasteiger partial charge in [0, 0.05) is 23.7 Å². The molecule has 0 radical (unpaired) electrons. The Hall–Kier alpha value is -1.26. The molecule has 3 rings (SSSR count). The second-order valence-corrected chi connectivity index (χ2v) is 6.46. The summed E-state index contributed by atoms with van der Waals surface area (Å²) in [6.07, 6.45) is 4.23. The summed E-state index contributed by atoms with van der Waals surface area (Å²) >= 11 is 1.75. The lowest BCUT2D eigenvalue weighted by Crippen LogP contribution is -2.39. The van der Waals surface area contributed by atoms with E-state index < -0.39 is 0 Å². The summed E-state index contributed by atoms with van der Waals surface area (Å²) in [5, 5.41) is 4.68. The highest BCUT2D eigenvalue weighted by atomic mass is 32.1. The van der Waals surface area contributed by atoms with Gasteiger partial charge in [-0.05, 0) is 43.4 Å². The normalized spacial score (nSPS) is 22.2. The van der Waals surface area contributed by atoms with Crippen molar-refractivity contribution in [3.05, 3.63) is 51.7 Å². The van der Waals surface area contributed by atoms with Crippen molar-refractivity contribution in [2.24, 2.45) is 0 Å². The molecule has 1 aliphatic carbocycles. The van der Waals surface area contributed by atoms with Crippen LogP contribution in [0.3, 0.4) is 0 Å². The van der Waals surface area contributed by atoms with Crippen LogP contribution in [0.15, 0.2) is 30.5 Å². The number of aryl methyl sites for hydroxylation is 1. The molecule has 0 aliphatic heterocycles. The molecule has 1 aromatic heterocycles. The summed E-state index contributed by atoms with van der Waals surface area (Å²) in [5.74, 6) is 0.430. The lowest BCUT2D eigenvalue weighted by Gasteiger charge is -2.36. The van der Waals surface area contributed by atoms with Gasteiger partial charge in [-0.2, -0.15) is 0 Å². The van der Waals surface area contributed by atoms with E-state index in [1.54, 1.807) is 23.5 Å². The SMILES string of the molecule is Cc1ncc(CNC2CC(c3ccc(F)cc3)C2)s1. The quantitative estimate of drug-likeness (QED) is 0.922. The van der Waals surface area contributed by atoms with E-state index in [1.165, 1.54) is 10.4 Å². The third kappa shape index (κ3) is 3.01. The maximum atomic E-state index is 12.8. The maximum Gasteiger partial charge on any atom is 0.123 e. The van der Waals surface area contributed by atoms with Crippen LogP contribution in [0.25, 0.3) is 0 Å². The molecule has 19 heavy (non-hydrogen) atoms. The summed E-state index contributed by atoms with van der Waals surface area (Å²) in [5.41, 5.74) is 1.26. The van der Waals surface area contributed by atoms with Gasteiger partial charge in [0.25, 0.3) is 0 Å². The van der Waals surface area contributed by atoms with Crippen LogP contribution >= 0.6 is 11.3 Å². The minimum Gasteiger partial charge on any atom is -0.309 e. The number of thiazole rings is 1. The first-order valence-electron chi connectivity index (χ1n) is 6.61. The van der Waals surface area contributed by atoms with Crippen molar-refractivity contribution in [2.45, 2.75) is 38.3 Å². The van der Waals surface area contributed by atoms with Gasteiger partial charge in [0.05, 0.1) is 5.01 Å². The summed E-state index contributed by atoms with van der Waals surface area (Å²) in [6.45, 7) is 2.94. The van der Waals surface area contributed by atoms with E-state index in [1.807, 2.05) is 25.3 Å². The third-order valence-electron chi connectivity index (χ3n) is 3.71. The van der Waals surface area contributed by atoms with Gasteiger partial charge in [-0.25, -0.2) is 9.37 Å². The van der Waals surface area contributed by atoms with Gasteiger partial charge >= 0.3 is 0 Å². The Morgan fingerprint density at radius 3 is 2.68 bits per heavy atom. The predicted octanol–water partition coefficient (Wildman–Crippen LogP) is 3.63. The summed E-state index contributed by atoms with van der Waals surface area (Å²) < 4.78 is 12.8.